The normalized spacial score (nSPS) is 12.1. The van der Waals surface area contributed by atoms with Crippen molar-refractivity contribution < 1.29 is 4.79 Å². The van der Waals surface area contributed by atoms with E-state index in [2.05, 4.69) is 35.1 Å². The number of pyridine rings is 1. The Balaban J connectivity index is 1.93. The zero-order chi connectivity index (χ0) is 19.2. The molecule has 3 aromatic rings. The third-order valence-corrected chi connectivity index (χ3v) is 5.25. The van der Waals surface area contributed by atoms with Gasteiger partial charge in [0, 0.05) is 21.5 Å². The van der Waals surface area contributed by atoms with Gasteiger partial charge in [0.1, 0.15) is 0 Å². The highest BCUT2D eigenvalue weighted by molar-refractivity contribution is 9.10. The second-order valence-electron chi connectivity index (χ2n) is 6.95. The first kappa shape index (κ1) is 19.6. The molecule has 0 radical (unpaired) electrons. The molecule has 140 valence electrons. The molecule has 2 aromatic carbocycles. The number of nitrogens with one attached hydrogen (secondary N) is 1. The number of hydrogen-bond acceptors (Lipinski definition) is 2. The highest BCUT2D eigenvalue weighted by Gasteiger charge is 2.15. The summed E-state index contributed by atoms with van der Waals surface area (Å²) in [5.74, 6) is -0.0315. The minimum atomic E-state index is -0.0315. The van der Waals surface area contributed by atoms with Gasteiger partial charge in [-0.05, 0) is 37.6 Å². The van der Waals surface area contributed by atoms with Gasteiger partial charge in [-0.3, -0.25) is 4.79 Å². The minimum Gasteiger partial charge on any atom is -0.350 e. The number of carbonyl (C=O) groups excluding carboxylic acids is 1. The number of unbranched alkanes of at least 4 members (excludes halogenated alkanes) is 2. The smallest absolute Gasteiger partial charge is 0.252 e. The highest BCUT2D eigenvalue weighted by atomic mass is 79.9. The van der Waals surface area contributed by atoms with Gasteiger partial charge in [0.05, 0.1) is 16.8 Å². The summed E-state index contributed by atoms with van der Waals surface area (Å²) in [6, 6.07) is 17.9. The van der Waals surface area contributed by atoms with Crippen molar-refractivity contribution in [3.63, 3.8) is 0 Å². The molecule has 0 aliphatic heterocycles. The van der Waals surface area contributed by atoms with Gasteiger partial charge < -0.3 is 5.32 Å². The van der Waals surface area contributed by atoms with Crippen LogP contribution in [0.2, 0.25) is 0 Å². The van der Waals surface area contributed by atoms with Crippen LogP contribution in [0.1, 0.15) is 49.9 Å². The van der Waals surface area contributed by atoms with E-state index in [-0.39, 0.29) is 11.9 Å². The van der Waals surface area contributed by atoms with Crippen LogP contribution in [0.5, 0.6) is 0 Å². The van der Waals surface area contributed by atoms with Gasteiger partial charge in [-0.25, -0.2) is 4.98 Å². The molecule has 3 rings (SSSR count). The first-order valence-corrected chi connectivity index (χ1v) is 10.3. The molecule has 0 aliphatic rings. The second-order valence-corrected chi connectivity index (χ2v) is 7.87. The summed E-state index contributed by atoms with van der Waals surface area (Å²) >= 11 is 3.46. The maximum absolute atomic E-state index is 13.0. The summed E-state index contributed by atoms with van der Waals surface area (Å²) in [6.45, 7) is 4.27. The monoisotopic (exact) mass is 424 g/mol. The molecular weight excluding hydrogens is 400 g/mol. The number of para-hydroxylation sites is 1. The molecule has 0 saturated carbocycles. The lowest BCUT2D eigenvalue weighted by Gasteiger charge is -2.15. The van der Waals surface area contributed by atoms with Crippen molar-refractivity contribution in [2.24, 2.45) is 0 Å². The number of nitrogens with zero attached hydrogens (tertiary/aromatic N) is 1. The Labute approximate surface area is 169 Å². The third kappa shape index (κ3) is 4.95. The molecule has 27 heavy (non-hydrogen) atoms. The lowest BCUT2D eigenvalue weighted by molar-refractivity contribution is 0.0939. The van der Waals surface area contributed by atoms with Gasteiger partial charge in [0.2, 0.25) is 0 Å². The van der Waals surface area contributed by atoms with E-state index in [1.165, 1.54) is 12.8 Å². The Kier molecular flexibility index (Phi) is 6.62. The molecule has 1 N–H and O–H groups in total. The highest BCUT2D eigenvalue weighted by Crippen LogP contribution is 2.26. The summed E-state index contributed by atoms with van der Waals surface area (Å²) in [5.41, 5.74) is 3.32. The number of carbonyl (C=O) groups is 1. The Morgan fingerprint density at radius 3 is 2.59 bits per heavy atom. The van der Waals surface area contributed by atoms with E-state index in [1.807, 2.05) is 54.6 Å². The first-order valence-electron chi connectivity index (χ1n) is 9.55. The molecule has 3 nitrogen and oxygen atoms in total. The van der Waals surface area contributed by atoms with Crippen LogP contribution in [0, 0.1) is 0 Å². The molecular formula is C23H25BrN2O. The number of aromatic nitrogens is 1. The lowest BCUT2D eigenvalue weighted by atomic mass is 10.0. The Bertz CT molecular complexity index is 921. The predicted molar refractivity (Wildman–Crippen MR) is 116 cm³/mol. The molecule has 0 aliphatic carbocycles. The van der Waals surface area contributed by atoms with Crippen molar-refractivity contribution in [3.05, 3.63) is 64.6 Å². The summed E-state index contributed by atoms with van der Waals surface area (Å²) in [6.07, 6.45) is 4.53. The maximum atomic E-state index is 13.0. The van der Waals surface area contributed by atoms with Crippen molar-refractivity contribution in [3.8, 4) is 11.3 Å². The van der Waals surface area contributed by atoms with Crippen LogP contribution >= 0.6 is 15.9 Å². The third-order valence-electron chi connectivity index (χ3n) is 4.72. The fraction of sp³-hybridized carbons (Fsp3) is 0.304. The number of halogens is 1. The Morgan fingerprint density at radius 1 is 1.11 bits per heavy atom. The van der Waals surface area contributed by atoms with Crippen molar-refractivity contribution in [1.82, 2.24) is 10.3 Å². The molecule has 1 atom stereocenters. The molecule has 1 aromatic heterocycles. The average molecular weight is 425 g/mol. The van der Waals surface area contributed by atoms with Crippen LogP contribution in [0.15, 0.2) is 59.1 Å². The molecule has 0 bridgehead atoms. The molecule has 1 unspecified atom stereocenters. The van der Waals surface area contributed by atoms with Crippen molar-refractivity contribution in [1.29, 1.82) is 0 Å². The molecule has 1 amide bonds. The van der Waals surface area contributed by atoms with Crippen molar-refractivity contribution in [2.45, 2.75) is 45.6 Å². The average Bonchev–Trinajstić information content (AvgIpc) is 2.68. The first-order chi connectivity index (χ1) is 13.1. The molecule has 0 fully saturated rings. The minimum absolute atomic E-state index is 0.0315. The number of rotatable bonds is 7. The van der Waals surface area contributed by atoms with Crippen LogP contribution in [0.3, 0.4) is 0 Å². The summed E-state index contributed by atoms with van der Waals surface area (Å²) in [4.78, 5) is 17.8. The van der Waals surface area contributed by atoms with Crippen molar-refractivity contribution >= 4 is 32.7 Å². The van der Waals surface area contributed by atoms with Gasteiger partial charge in [-0.2, -0.15) is 0 Å². The summed E-state index contributed by atoms with van der Waals surface area (Å²) in [5, 5.41) is 4.05. The lowest BCUT2D eigenvalue weighted by Crippen LogP contribution is -2.32. The van der Waals surface area contributed by atoms with E-state index in [0.29, 0.717) is 5.56 Å². The number of amides is 1. The van der Waals surface area contributed by atoms with E-state index in [0.717, 1.165) is 39.5 Å². The van der Waals surface area contributed by atoms with Gasteiger partial charge in [-0.15, -0.1) is 0 Å². The quantitative estimate of drug-likeness (QED) is 0.448. The zero-order valence-electron chi connectivity index (χ0n) is 15.8. The second kappa shape index (κ2) is 9.14. The number of benzene rings is 2. The maximum Gasteiger partial charge on any atom is 0.252 e. The number of fused-ring (bicyclic) bond motifs is 1. The molecule has 1 heterocycles. The molecule has 0 saturated heterocycles. The van der Waals surface area contributed by atoms with Gasteiger partial charge in [-0.1, -0.05) is 72.4 Å². The van der Waals surface area contributed by atoms with Crippen LogP contribution in [-0.2, 0) is 0 Å². The van der Waals surface area contributed by atoms with E-state index in [4.69, 9.17) is 4.98 Å². The number of hydrogen-bond donors (Lipinski definition) is 1. The fourth-order valence-corrected chi connectivity index (χ4v) is 3.47. The standard InChI is InChI=1S/C23H25BrN2O/c1-3-4-5-8-16(2)25-23(27)20-15-22(17-11-13-18(24)14-12-17)26-21-10-7-6-9-19(20)21/h6-7,9-16H,3-5,8H2,1-2H3,(H,25,27). The van der Waals surface area contributed by atoms with Crippen molar-refractivity contribution in [2.75, 3.05) is 0 Å². The van der Waals surface area contributed by atoms with Crippen LogP contribution < -0.4 is 5.32 Å². The molecule has 4 heteroatoms. The molecule has 0 spiro atoms. The summed E-state index contributed by atoms with van der Waals surface area (Å²) in [7, 11) is 0. The summed E-state index contributed by atoms with van der Waals surface area (Å²) < 4.78 is 1.02. The van der Waals surface area contributed by atoms with Gasteiger partial charge in [0.25, 0.3) is 5.91 Å². The van der Waals surface area contributed by atoms with Crippen LogP contribution in [0.4, 0.5) is 0 Å². The van der Waals surface area contributed by atoms with Gasteiger partial charge in [0.15, 0.2) is 0 Å². The topological polar surface area (TPSA) is 42.0 Å². The van der Waals surface area contributed by atoms with E-state index < -0.39 is 0 Å². The van der Waals surface area contributed by atoms with Crippen LogP contribution in [-0.4, -0.2) is 16.9 Å². The Hall–Kier alpha value is -2.20. The van der Waals surface area contributed by atoms with E-state index in [9.17, 15) is 4.79 Å². The zero-order valence-corrected chi connectivity index (χ0v) is 17.4. The van der Waals surface area contributed by atoms with E-state index in [1.54, 1.807) is 0 Å². The Morgan fingerprint density at radius 2 is 1.85 bits per heavy atom. The largest absolute Gasteiger partial charge is 0.350 e. The predicted octanol–water partition coefficient (Wildman–Crippen LogP) is 6.36. The SMILES string of the molecule is CCCCCC(C)NC(=O)c1cc(-c2ccc(Br)cc2)nc2ccccc12. The van der Waals surface area contributed by atoms with Crippen LogP contribution in [0.25, 0.3) is 22.2 Å². The fourth-order valence-electron chi connectivity index (χ4n) is 3.21. The van der Waals surface area contributed by atoms with E-state index >= 15 is 0 Å². The van der Waals surface area contributed by atoms with Gasteiger partial charge >= 0.3 is 0 Å².